The maximum atomic E-state index is 12.4. The molecule has 1 fully saturated rings. The number of para-hydroxylation sites is 2. The number of rotatable bonds is 4. The van der Waals surface area contributed by atoms with E-state index in [2.05, 4.69) is 15.1 Å². The maximum Gasteiger partial charge on any atom is 0.338 e. The van der Waals surface area contributed by atoms with E-state index >= 15 is 0 Å². The number of amides is 1. The number of carbonyl (C=O) groups is 1. The van der Waals surface area contributed by atoms with Gasteiger partial charge in [0.15, 0.2) is 0 Å². The van der Waals surface area contributed by atoms with Crippen LogP contribution in [0.4, 0.5) is 11.4 Å². The van der Waals surface area contributed by atoms with Crippen molar-refractivity contribution in [2.75, 3.05) is 42.9 Å². The molecule has 6 nitrogen and oxygen atoms in total. The number of fused-ring (bicyclic) bond motifs is 1. The second kappa shape index (κ2) is 7.86. The number of hydrogen-bond acceptors (Lipinski definition) is 5. The molecule has 0 spiro atoms. The van der Waals surface area contributed by atoms with Gasteiger partial charge in [0.25, 0.3) is 0 Å². The summed E-state index contributed by atoms with van der Waals surface area (Å²) in [5.41, 5.74) is 3.07. The van der Waals surface area contributed by atoms with Gasteiger partial charge in [-0.2, -0.15) is 0 Å². The highest BCUT2D eigenvalue weighted by atomic mass is 16.4. The Morgan fingerprint density at radius 3 is 2.54 bits per heavy atom. The Morgan fingerprint density at radius 2 is 1.75 bits per heavy atom. The predicted octanol–water partition coefficient (Wildman–Crippen LogP) is 2.86. The summed E-state index contributed by atoms with van der Waals surface area (Å²) in [5, 5.41) is 3.92. The van der Waals surface area contributed by atoms with Gasteiger partial charge in [-0.15, -0.1) is 0 Å². The zero-order valence-corrected chi connectivity index (χ0v) is 15.9. The molecule has 4 rings (SSSR count). The molecule has 0 saturated carbocycles. The topological polar surface area (TPSA) is 65.8 Å². The van der Waals surface area contributed by atoms with Gasteiger partial charge in [0, 0.05) is 43.3 Å². The Hall–Kier alpha value is -3.12. The molecule has 28 heavy (non-hydrogen) atoms. The van der Waals surface area contributed by atoms with Crippen LogP contribution in [0.2, 0.25) is 0 Å². The van der Waals surface area contributed by atoms with Gasteiger partial charge in [-0.25, -0.2) is 4.79 Å². The molecule has 1 saturated heterocycles. The van der Waals surface area contributed by atoms with Gasteiger partial charge in [0.05, 0.1) is 12.2 Å². The minimum atomic E-state index is -0.339. The van der Waals surface area contributed by atoms with Crippen LogP contribution < -0.4 is 15.8 Å². The second-order valence-electron chi connectivity index (χ2n) is 7.07. The molecule has 1 N–H and O–H groups in total. The molecule has 0 radical (unpaired) electrons. The van der Waals surface area contributed by atoms with E-state index in [1.807, 2.05) is 55.5 Å². The summed E-state index contributed by atoms with van der Waals surface area (Å²) in [5.74, 6) is -0.00597. The van der Waals surface area contributed by atoms with Crippen molar-refractivity contribution in [1.29, 1.82) is 0 Å². The van der Waals surface area contributed by atoms with Crippen LogP contribution in [0.5, 0.6) is 0 Å². The van der Waals surface area contributed by atoms with Crippen LogP contribution in [0.3, 0.4) is 0 Å². The van der Waals surface area contributed by atoms with Gasteiger partial charge >= 0.3 is 5.63 Å². The number of anilines is 2. The lowest BCUT2D eigenvalue weighted by Crippen LogP contribution is -2.48. The monoisotopic (exact) mass is 377 g/mol. The van der Waals surface area contributed by atoms with Gasteiger partial charge in [-0.05, 0) is 30.7 Å². The minimum Gasteiger partial charge on any atom is -0.423 e. The first-order chi connectivity index (χ1) is 13.6. The molecule has 1 aliphatic heterocycles. The summed E-state index contributed by atoms with van der Waals surface area (Å²) in [6.45, 7) is 5.37. The second-order valence-corrected chi connectivity index (χ2v) is 7.07. The highest BCUT2D eigenvalue weighted by Gasteiger charge is 2.21. The summed E-state index contributed by atoms with van der Waals surface area (Å²) in [7, 11) is 0. The van der Waals surface area contributed by atoms with Crippen molar-refractivity contribution in [3.63, 3.8) is 0 Å². The van der Waals surface area contributed by atoms with E-state index in [0.29, 0.717) is 12.1 Å². The smallest absolute Gasteiger partial charge is 0.338 e. The highest BCUT2D eigenvalue weighted by molar-refractivity contribution is 5.93. The van der Waals surface area contributed by atoms with Gasteiger partial charge in [-0.3, -0.25) is 9.69 Å². The average Bonchev–Trinajstić information content (AvgIpc) is 2.70. The molecule has 1 amide bonds. The lowest BCUT2D eigenvalue weighted by Gasteiger charge is -2.36. The average molecular weight is 377 g/mol. The number of nitrogens with one attached hydrogen (secondary N) is 1. The first kappa shape index (κ1) is 18.3. The van der Waals surface area contributed by atoms with Crippen LogP contribution in [-0.2, 0) is 4.79 Å². The maximum absolute atomic E-state index is 12.4. The van der Waals surface area contributed by atoms with Crippen molar-refractivity contribution in [2.45, 2.75) is 6.92 Å². The molecular weight excluding hydrogens is 354 g/mol. The van der Waals surface area contributed by atoms with Crippen LogP contribution in [0.1, 0.15) is 5.56 Å². The Morgan fingerprint density at radius 1 is 1.04 bits per heavy atom. The lowest BCUT2D eigenvalue weighted by atomic mass is 10.1. The van der Waals surface area contributed by atoms with Crippen LogP contribution in [0.25, 0.3) is 11.0 Å². The standard InChI is InChI=1S/C22H23N3O3/c1-16-6-2-4-8-18(16)23-21(26)15-24-10-12-25(13-11-24)19-14-22(27)28-20-9-5-3-7-17(19)20/h2-9,14H,10-13,15H2,1H3,(H,23,26). The molecule has 1 aliphatic rings. The Bertz CT molecular complexity index is 1050. The van der Waals surface area contributed by atoms with E-state index in [1.165, 1.54) is 0 Å². The van der Waals surface area contributed by atoms with Crippen molar-refractivity contribution in [2.24, 2.45) is 0 Å². The summed E-state index contributed by atoms with van der Waals surface area (Å²) >= 11 is 0. The summed E-state index contributed by atoms with van der Waals surface area (Å²) in [4.78, 5) is 28.6. The first-order valence-electron chi connectivity index (χ1n) is 9.46. The number of aryl methyl sites for hydroxylation is 1. The molecule has 1 aromatic heterocycles. The van der Waals surface area contributed by atoms with E-state index in [1.54, 1.807) is 6.07 Å². The summed E-state index contributed by atoms with van der Waals surface area (Å²) in [6.07, 6.45) is 0. The summed E-state index contributed by atoms with van der Waals surface area (Å²) < 4.78 is 5.29. The normalized spacial score (nSPS) is 15.0. The highest BCUT2D eigenvalue weighted by Crippen LogP contribution is 2.25. The Kier molecular flexibility index (Phi) is 5.12. The van der Waals surface area contributed by atoms with Crippen molar-refractivity contribution >= 4 is 28.3 Å². The fourth-order valence-electron chi connectivity index (χ4n) is 3.61. The molecule has 2 aromatic carbocycles. The third-order valence-corrected chi connectivity index (χ3v) is 5.13. The number of nitrogens with zero attached hydrogens (tertiary/aromatic N) is 2. The van der Waals surface area contributed by atoms with Gasteiger partial charge < -0.3 is 14.6 Å². The molecule has 3 aromatic rings. The van der Waals surface area contributed by atoms with Crippen LogP contribution >= 0.6 is 0 Å². The fraction of sp³-hybridized carbons (Fsp3) is 0.273. The predicted molar refractivity (Wildman–Crippen MR) is 111 cm³/mol. The van der Waals surface area contributed by atoms with E-state index in [0.717, 1.165) is 48.5 Å². The largest absolute Gasteiger partial charge is 0.423 e. The quantitative estimate of drug-likeness (QED) is 0.709. The number of hydrogen-bond donors (Lipinski definition) is 1. The third kappa shape index (κ3) is 3.92. The van der Waals surface area contributed by atoms with Crippen LogP contribution in [-0.4, -0.2) is 43.5 Å². The molecule has 0 bridgehead atoms. The summed E-state index contributed by atoms with van der Waals surface area (Å²) in [6, 6.07) is 16.9. The van der Waals surface area contributed by atoms with Gasteiger partial charge in [-0.1, -0.05) is 30.3 Å². The minimum absolute atomic E-state index is 0.00597. The van der Waals surface area contributed by atoms with Crippen molar-refractivity contribution in [3.8, 4) is 0 Å². The van der Waals surface area contributed by atoms with E-state index in [9.17, 15) is 9.59 Å². The molecule has 6 heteroatoms. The fourth-order valence-corrected chi connectivity index (χ4v) is 3.61. The van der Waals surface area contributed by atoms with Crippen LogP contribution in [0.15, 0.2) is 63.8 Å². The van der Waals surface area contributed by atoms with Crippen molar-refractivity contribution in [1.82, 2.24) is 4.90 Å². The number of benzene rings is 2. The van der Waals surface area contributed by atoms with Crippen molar-refractivity contribution < 1.29 is 9.21 Å². The molecular formula is C22H23N3O3. The zero-order valence-electron chi connectivity index (χ0n) is 15.9. The van der Waals surface area contributed by atoms with E-state index in [-0.39, 0.29) is 11.5 Å². The van der Waals surface area contributed by atoms with Crippen LogP contribution in [0, 0.1) is 6.92 Å². The Balaban J connectivity index is 1.39. The van der Waals surface area contributed by atoms with Crippen molar-refractivity contribution in [3.05, 3.63) is 70.6 Å². The lowest BCUT2D eigenvalue weighted by molar-refractivity contribution is -0.117. The Labute approximate surface area is 163 Å². The number of carbonyl (C=O) groups excluding carboxylic acids is 1. The van der Waals surface area contributed by atoms with Gasteiger partial charge in [0.2, 0.25) is 5.91 Å². The third-order valence-electron chi connectivity index (χ3n) is 5.13. The van der Waals surface area contributed by atoms with E-state index < -0.39 is 0 Å². The molecule has 144 valence electrons. The molecule has 0 aliphatic carbocycles. The molecule has 0 unspecified atom stereocenters. The molecule has 2 heterocycles. The van der Waals surface area contributed by atoms with E-state index in [4.69, 9.17) is 4.42 Å². The SMILES string of the molecule is Cc1ccccc1NC(=O)CN1CCN(c2cc(=O)oc3ccccc23)CC1. The zero-order chi connectivity index (χ0) is 19.5. The molecule has 0 atom stereocenters. The number of piperazine rings is 1. The van der Waals surface area contributed by atoms with Gasteiger partial charge in [0.1, 0.15) is 5.58 Å². The first-order valence-corrected chi connectivity index (χ1v) is 9.46.